The van der Waals surface area contributed by atoms with Gasteiger partial charge in [-0.25, -0.2) is 4.39 Å². The number of carbonyl (C=O) groups excluding carboxylic acids is 2. The van der Waals surface area contributed by atoms with E-state index in [1.165, 1.54) is 17.0 Å². The van der Waals surface area contributed by atoms with Crippen LogP contribution in [0.2, 0.25) is 0 Å². The number of carbonyl (C=O) groups is 2. The Balaban J connectivity index is 1.64. The molecule has 2 amide bonds. The van der Waals surface area contributed by atoms with E-state index in [0.29, 0.717) is 28.1 Å². The monoisotopic (exact) mass is 452 g/mol. The summed E-state index contributed by atoms with van der Waals surface area (Å²) in [6.07, 6.45) is 0.800. The Morgan fingerprint density at radius 3 is 2.58 bits per heavy atom. The number of amides is 2. The molecule has 2 aliphatic rings. The van der Waals surface area contributed by atoms with Gasteiger partial charge in [0.15, 0.2) is 0 Å². The fraction of sp³-hybridized carbons (Fsp3) is 0.280. The molecule has 2 aromatic rings. The Kier molecular flexibility index (Phi) is 5.82. The third-order valence-electron chi connectivity index (χ3n) is 5.75. The molecule has 3 N–H and O–H groups in total. The molecule has 4 rings (SSSR count). The first-order valence-electron chi connectivity index (χ1n) is 10.5. The van der Waals surface area contributed by atoms with Crippen LogP contribution in [0, 0.1) is 5.82 Å². The van der Waals surface area contributed by atoms with Crippen molar-refractivity contribution >= 4 is 28.6 Å². The van der Waals surface area contributed by atoms with Crippen molar-refractivity contribution in [2.24, 2.45) is 0 Å². The predicted molar refractivity (Wildman–Crippen MR) is 122 cm³/mol. The minimum absolute atomic E-state index is 0.0213. The third-order valence-corrected chi connectivity index (χ3v) is 5.75. The number of aliphatic hydroxyl groups excluding tert-OH is 2. The number of hydrogen-bond acceptors (Lipinski definition) is 5. The normalized spacial score (nSPS) is 19.5. The summed E-state index contributed by atoms with van der Waals surface area (Å²) in [5, 5.41) is 21.2. The Hall–Kier alpha value is -3.49. The molecular weight excluding hydrogens is 427 g/mol. The summed E-state index contributed by atoms with van der Waals surface area (Å²) in [5.74, 6) is -0.668. The number of nitrogens with one attached hydrogen (secondary N) is 1. The smallest absolute Gasteiger partial charge is 0.260 e. The van der Waals surface area contributed by atoms with Crippen molar-refractivity contribution in [3.8, 4) is 0 Å². The Morgan fingerprint density at radius 1 is 1.21 bits per heavy atom. The topological polar surface area (TPSA) is 99.1 Å². The first kappa shape index (κ1) is 22.7. The predicted octanol–water partition coefficient (Wildman–Crippen LogP) is 2.81. The number of ether oxygens (including phenoxy) is 1. The summed E-state index contributed by atoms with van der Waals surface area (Å²) < 4.78 is 19.7. The van der Waals surface area contributed by atoms with Gasteiger partial charge in [0.1, 0.15) is 17.2 Å². The highest BCUT2D eigenvalue weighted by Crippen LogP contribution is 2.44. The van der Waals surface area contributed by atoms with Gasteiger partial charge in [-0.3, -0.25) is 9.59 Å². The maximum atomic E-state index is 13.6. The van der Waals surface area contributed by atoms with Gasteiger partial charge in [0.05, 0.1) is 24.0 Å². The van der Waals surface area contributed by atoms with Crippen LogP contribution in [-0.2, 0) is 9.53 Å². The van der Waals surface area contributed by atoms with Crippen LogP contribution in [0.3, 0.4) is 0 Å². The van der Waals surface area contributed by atoms with Crippen LogP contribution < -0.4 is 5.32 Å². The third kappa shape index (κ3) is 4.27. The van der Waals surface area contributed by atoms with Crippen LogP contribution in [0.5, 0.6) is 0 Å². The molecule has 2 aliphatic heterocycles. The second-order valence-corrected chi connectivity index (χ2v) is 8.65. The van der Waals surface area contributed by atoms with Crippen LogP contribution in [0.15, 0.2) is 54.3 Å². The minimum Gasteiger partial charge on any atom is -0.482 e. The average molecular weight is 452 g/mol. The second-order valence-electron chi connectivity index (χ2n) is 8.65. The largest absolute Gasteiger partial charge is 0.482 e. The zero-order valence-corrected chi connectivity index (χ0v) is 18.6. The highest BCUT2D eigenvalue weighted by atomic mass is 19.1. The van der Waals surface area contributed by atoms with Crippen molar-refractivity contribution in [1.82, 2.24) is 4.90 Å². The zero-order chi connectivity index (χ0) is 23.9. The molecule has 0 spiro atoms. The Labute approximate surface area is 190 Å². The van der Waals surface area contributed by atoms with Crippen LogP contribution in [0.25, 0.3) is 11.1 Å². The highest BCUT2D eigenvalue weighted by molar-refractivity contribution is 6.32. The fourth-order valence-corrected chi connectivity index (χ4v) is 4.08. The highest BCUT2D eigenvalue weighted by Gasteiger charge is 2.38. The van der Waals surface area contributed by atoms with E-state index in [4.69, 9.17) is 9.84 Å². The van der Waals surface area contributed by atoms with E-state index in [2.05, 4.69) is 5.32 Å². The van der Waals surface area contributed by atoms with E-state index >= 15 is 0 Å². The lowest BCUT2D eigenvalue weighted by atomic mass is 9.91. The van der Waals surface area contributed by atoms with E-state index in [0.717, 1.165) is 11.1 Å². The molecule has 0 aromatic heterocycles. The molecule has 1 atom stereocenters. The molecule has 8 heteroatoms. The molecule has 1 unspecified atom stereocenters. The summed E-state index contributed by atoms with van der Waals surface area (Å²) in [6, 6.07) is 11.1. The molecular formula is C25H25FN2O5. The van der Waals surface area contributed by atoms with Crippen molar-refractivity contribution in [3.63, 3.8) is 0 Å². The number of rotatable bonds is 5. The summed E-state index contributed by atoms with van der Waals surface area (Å²) in [4.78, 5) is 26.5. The molecule has 7 nitrogen and oxygen atoms in total. The molecule has 0 saturated carbocycles. The average Bonchev–Trinajstić information content (AvgIpc) is 3.27. The van der Waals surface area contributed by atoms with Gasteiger partial charge >= 0.3 is 0 Å². The quantitative estimate of drug-likeness (QED) is 0.606. The van der Waals surface area contributed by atoms with Crippen molar-refractivity contribution in [1.29, 1.82) is 0 Å². The molecule has 172 valence electrons. The summed E-state index contributed by atoms with van der Waals surface area (Å²) in [7, 11) is 1.56. The van der Waals surface area contributed by atoms with E-state index in [1.54, 1.807) is 43.5 Å². The number of anilines is 1. The number of halogens is 1. The summed E-state index contributed by atoms with van der Waals surface area (Å²) in [5.41, 5.74) is 2.69. The van der Waals surface area contributed by atoms with Gasteiger partial charge in [-0.1, -0.05) is 12.1 Å². The van der Waals surface area contributed by atoms with E-state index < -0.39 is 24.1 Å². The maximum absolute atomic E-state index is 13.6. The first-order chi connectivity index (χ1) is 15.6. The maximum Gasteiger partial charge on any atom is 0.260 e. The molecule has 0 bridgehead atoms. The van der Waals surface area contributed by atoms with Crippen LogP contribution in [0.4, 0.5) is 10.1 Å². The molecule has 0 radical (unpaired) electrons. The number of nitrogens with zero attached hydrogens (tertiary/aromatic N) is 1. The van der Waals surface area contributed by atoms with Crippen molar-refractivity contribution in [3.05, 3.63) is 76.8 Å². The summed E-state index contributed by atoms with van der Waals surface area (Å²) in [6.45, 7) is 3.37. The number of fused-ring (bicyclic) bond motifs is 1. The minimum atomic E-state index is -0.999. The van der Waals surface area contributed by atoms with Crippen molar-refractivity contribution in [2.75, 3.05) is 25.5 Å². The van der Waals surface area contributed by atoms with Gasteiger partial charge in [-0.05, 0) is 55.8 Å². The zero-order valence-electron chi connectivity index (χ0n) is 18.6. The molecule has 0 fully saturated rings. The standard InChI is InChI=1S/C25H25FN2O5/c1-25(2)19(14-4-6-15(7-5-14)24(32)28(3)12-17(30)13-29)11-21(33-25)22-18-9-8-16(26)10-20(18)27-23(22)31/h4-11,17,29-30H,12-13H2,1-3H3,(H,27,31)/b22-21-. The van der Waals surface area contributed by atoms with Gasteiger partial charge in [-0.2, -0.15) is 0 Å². The van der Waals surface area contributed by atoms with E-state index in [-0.39, 0.29) is 18.4 Å². The van der Waals surface area contributed by atoms with Crippen LogP contribution >= 0.6 is 0 Å². The SMILES string of the molecule is CN(CC(O)CO)C(=O)c1ccc(C2=C/C(=C3/C(=O)Nc4cc(F)ccc43)OC2(C)C)cc1. The van der Waals surface area contributed by atoms with Crippen molar-refractivity contribution < 1.29 is 28.9 Å². The summed E-state index contributed by atoms with van der Waals surface area (Å²) >= 11 is 0. The number of allylic oxidation sites excluding steroid dienone is 1. The van der Waals surface area contributed by atoms with Gasteiger partial charge < -0.3 is 25.2 Å². The van der Waals surface area contributed by atoms with E-state index in [1.807, 2.05) is 13.8 Å². The molecule has 2 heterocycles. The fourth-order valence-electron chi connectivity index (χ4n) is 4.08. The van der Waals surface area contributed by atoms with Crippen molar-refractivity contribution in [2.45, 2.75) is 25.6 Å². The molecule has 33 heavy (non-hydrogen) atoms. The molecule has 0 saturated heterocycles. The lowest BCUT2D eigenvalue weighted by molar-refractivity contribution is -0.111. The van der Waals surface area contributed by atoms with Gasteiger partial charge in [0, 0.05) is 30.3 Å². The number of hydrogen-bond donors (Lipinski definition) is 3. The van der Waals surface area contributed by atoms with E-state index in [9.17, 15) is 19.1 Å². The number of benzene rings is 2. The lowest BCUT2D eigenvalue weighted by Gasteiger charge is -2.24. The number of likely N-dealkylation sites (N-methyl/N-ethyl adjacent to an activating group) is 1. The lowest BCUT2D eigenvalue weighted by Crippen LogP contribution is -2.35. The van der Waals surface area contributed by atoms with Crippen LogP contribution in [0.1, 0.15) is 35.3 Å². The molecule has 2 aromatic carbocycles. The Morgan fingerprint density at radius 2 is 1.91 bits per heavy atom. The molecule has 0 aliphatic carbocycles. The van der Waals surface area contributed by atoms with Crippen LogP contribution in [-0.4, -0.2) is 58.8 Å². The van der Waals surface area contributed by atoms with Gasteiger partial charge in [0.2, 0.25) is 0 Å². The van der Waals surface area contributed by atoms with Gasteiger partial charge in [0.25, 0.3) is 11.8 Å². The number of aliphatic hydroxyl groups is 2. The van der Waals surface area contributed by atoms with Gasteiger partial charge in [-0.15, -0.1) is 0 Å². The second kappa shape index (κ2) is 8.46. The first-order valence-corrected chi connectivity index (χ1v) is 10.5. The Bertz CT molecular complexity index is 1180.